The van der Waals surface area contributed by atoms with Crippen LogP contribution in [0.3, 0.4) is 0 Å². The fourth-order valence-corrected chi connectivity index (χ4v) is 1.99. The first-order valence-corrected chi connectivity index (χ1v) is 5.96. The number of nitrogens with two attached hydrogens (primary N) is 1. The van der Waals surface area contributed by atoms with Gasteiger partial charge in [0.05, 0.1) is 5.69 Å². The maximum Gasteiger partial charge on any atom is 0.0640 e. The maximum atomic E-state index is 6.24. The number of aryl methyl sites for hydroxylation is 1. The molecule has 0 aliphatic carbocycles. The number of benzene rings is 1. The summed E-state index contributed by atoms with van der Waals surface area (Å²) in [5.74, 6) is 0.346. The van der Waals surface area contributed by atoms with Crippen LogP contribution in [0.5, 0.6) is 0 Å². The van der Waals surface area contributed by atoms with Crippen LogP contribution >= 0.6 is 0 Å². The summed E-state index contributed by atoms with van der Waals surface area (Å²) < 4.78 is 1.81. The Labute approximate surface area is 102 Å². The lowest BCUT2D eigenvalue weighted by Crippen LogP contribution is -2.29. The van der Waals surface area contributed by atoms with Gasteiger partial charge in [0.25, 0.3) is 0 Å². The summed E-state index contributed by atoms with van der Waals surface area (Å²) in [5.41, 5.74) is 8.59. The summed E-state index contributed by atoms with van der Waals surface area (Å²) in [6, 6.07) is 12.5. The van der Waals surface area contributed by atoms with Crippen LogP contribution in [0.2, 0.25) is 0 Å². The van der Waals surface area contributed by atoms with Gasteiger partial charge >= 0.3 is 0 Å². The number of nitrogens with zero attached hydrogens (tertiary/aromatic N) is 2. The second-order valence-corrected chi connectivity index (χ2v) is 4.55. The SMILES string of the molecule is CC(c1ccccc1)C(N)Cc1ccn(C)n1. The van der Waals surface area contributed by atoms with Crippen LogP contribution in [0.25, 0.3) is 0 Å². The lowest BCUT2D eigenvalue weighted by Gasteiger charge is -2.19. The van der Waals surface area contributed by atoms with E-state index in [1.54, 1.807) is 0 Å². The molecule has 0 saturated heterocycles. The van der Waals surface area contributed by atoms with Crippen molar-refractivity contribution in [3.63, 3.8) is 0 Å². The Balaban J connectivity index is 2.03. The first kappa shape index (κ1) is 11.9. The third kappa shape index (κ3) is 2.94. The van der Waals surface area contributed by atoms with Crippen LogP contribution in [0.1, 0.15) is 24.1 Å². The summed E-state index contributed by atoms with van der Waals surface area (Å²) in [6.45, 7) is 2.17. The fraction of sp³-hybridized carbons (Fsp3) is 0.357. The summed E-state index contributed by atoms with van der Waals surface area (Å²) in [7, 11) is 1.93. The van der Waals surface area contributed by atoms with Gasteiger partial charge in [-0.25, -0.2) is 0 Å². The zero-order chi connectivity index (χ0) is 12.3. The Bertz CT molecular complexity index is 461. The molecule has 3 heteroatoms. The summed E-state index contributed by atoms with van der Waals surface area (Å²) in [5, 5.41) is 4.36. The number of aromatic nitrogens is 2. The molecule has 2 atom stereocenters. The van der Waals surface area contributed by atoms with Gasteiger partial charge in [-0.05, 0) is 17.5 Å². The zero-order valence-corrected chi connectivity index (χ0v) is 10.4. The smallest absolute Gasteiger partial charge is 0.0640 e. The molecule has 17 heavy (non-hydrogen) atoms. The Kier molecular flexibility index (Phi) is 3.59. The van der Waals surface area contributed by atoms with Crippen LogP contribution in [0, 0.1) is 0 Å². The van der Waals surface area contributed by atoms with Gasteiger partial charge in [-0.3, -0.25) is 4.68 Å². The molecule has 1 aromatic carbocycles. The van der Waals surface area contributed by atoms with E-state index >= 15 is 0 Å². The Morgan fingerprint density at radius 3 is 2.53 bits per heavy atom. The summed E-state index contributed by atoms with van der Waals surface area (Å²) in [4.78, 5) is 0. The van der Waals surface area contributed by atoms with E-state index in [2.05, 4.69) is 36.3 Å². The molecule has 0 aliphatic rings. The van der Waals surface area contributed by atoms with Gasteiger partial charge in [0.15, 0.2) is 0 Å². The minimum atomic E-state index is 0.104. The molecular weight excluding hydrogens is 210 g/mol. The molecule has 0 spiro atoms. The Morgan fingerprint density at radius 1 is 1.24 bits per heavy atom. The van der Waals surface area contributed by atoms with Crippen LogP contribution < -0.4 is 5.73 Å². The Hall–Kier alpha value is -1.61. The van der Waals surface area contributed by atoms with Crippen molar-refractivity contribution < 1.29 is 0 Å². The van der Waals surface area contributed by atoms with Crippen molar-refractivity contribution in [3.8, 4) is 0 Å². The highest BCUT2D eigenvalue weighted by molar-refractivity contribution is 5.21. The van der Waals surface area contributed by atoms with Crippen molar-refractivity contribution in [3.05, 3.63) is 53.9 Å². The van der Waals surface area contributed by atoms with E-state index in [0.29, 0.717) is 5.92 Å². The van der Waals surface area contributed by atoms with Crippen molar-refractivity contribution in [1.82, 2.24) is 9.78 Å². The number of rotatable bonds is 4. The highest BCUT2D eigenvalue weighted by atomic mass is 15.2. The first-order valence-electron chi connectivity index (χ1n) is 5.96. The average molecular weight is 229 g/mol. The molecule has 2 unspecified atom stereocenters. The van der Waals surface area contributed by atoms with Gasteiger partial charge in [0, 0.05) is 25.7 Å². The molecule has 0 amide bonds. The third-order valence-corrected chi connectivity index (χ3v) is 3.18. The van der Waals surface area contributed by atoms with E-state index in [1.165, 1.54) is 5.56 Å². The average Bonchev–Trinajstić information content (AvgIpc) is 2.75. The minimum absolute atomic E-state index is 0.104. The predicted molar refractivity (Wildman–Crippen MR) is 69.7 cm³/mol. The second-order valence-electron chi connectivity index (χ2n) is 4.55. The minimum Gasteiger partial charge on any atom is -0.327 e. The normalized spacial score (nSPS) is 14.5. The van der Waals surface area contributed by atoms with Gasteiger partial charge in [0.2, 0.25) is 0 Å². The fourth-order valence-electron chi connectivity index (χ4n) is 1.99. The molecule has 2 rings (SSSR count). The van der Waals surface area contributed by atoms with E-state index in [-0.39, 0.29) is 6.04 Å². The summed E-state index contributed by atoms with van der Waals surface area (Å²) >= 11 is 0. The highest BCUT2D eigenvalue weighted by Crippen LogP contribution is 2.19. The summed E-state index contributed by atoms with van der Waals surface area (Å²) in [6.07, 6.45) is 2.77. The highest BCUT2D eigenvalue weighted by Gasteiger charge is 2.15. The second kappa shape index (κ2) is 5.15. The predicted octanol–water partition coefficient (Wildman–Crippen LogP) is 2.09. The molecule has 0 bridgehead atoms. The molecule has 90 valence electrons. The van der Waals surface area contributed by atoms with Crippen LogP contribution in [-0.2, 0) is 13.5 Å². The van der Waals surface area contributed by atoms with Gasteiger partial charge < -0.3 is 5.73 Å². The van der Waals surface area contributed by atoms with Crippen molar-refractivity contribution in [2.24, 2.45) is 12.8 Å². The van der Waals surface area contributed by atoms with Crippen molar-refractivity contribution in [2.75, 3.05) is 0 Å². The Morgan fingerprint density at radius 2 is 1.94 bits per heavy atom. The van der Waals surface area contributed by atoms with Gasteiger partial charge in [-0.1, -0.05) is 37.3 Å². The number of hydrogen-bond donors (Lipinski definition) is 1. The van der Waals surface area contributed by atoms with E-state index in [0.717, 1.165) is 12.1 Å². The van der Waals surface area contributed by atoms with Gasteiger partial charge in [-0.15, -0.1) is 0 Å². The van der Waals surface area contributed by atoms with Gasteiger partial charge in [0.1, 0.15) is 0 Å². The lowest BCUT2D eigenvalue weighted by atomic mass is 9.91. The molecule has 2 N–H and O–H groups in total. The van der Waals surface area contributed by atoms with E-state index in [4.69, 9.17) is 5.73 Å². The molecule has 0 aliphatic heterocycles. The van der Waals surface area contributed by atoms with Crippen molar-refractivity contribution in [2.45, 2.75) is 25.3 Å². The molecule has 0 radical (unpaired) electrons. The largest absolute Gasteiger partial charge is 0.327 e. The van der Waals surface area contributed by atoms with E-state index in [9.17, 15) is 0 Å². The van der Waals surface area contributed by atoms with Crippen LogP contribution in [-0.4, -0.2) is 15.8 Å². The van der Waals surface area contributed by atoms with E-state index < -0.39 is 0 Å². The zero-order valence-electron chi connectivity index (χ0n) is 10.4. The van der Waals surface area contributed by atoms with Crippen molar-refractivity contribution >= 4 is 0 Å². The van der Waals surface area contributed by atoms with Gasteiger partial charge in [-0.2, -0.15) is 5.10 Å². The lowest BCUT2D eigenvalue weighted by molar-refractivity contribution is 0.553. The van der Waals surface area contributed by atoms with Crippen LogP contribution in [0.15, 0.2) is 42.6 Å². The monoisotopic (exact) mass is 229 g/mol. The third-order valence-electron chi connectivity index (χ3n) is 3.18. The maximum absolute atomic E-state index is 6.24. The molecular formula is C14H19N3. The quantitative estimate of drug-likeness (QED) is 0.872. The molecule has 0 saturated carbocycles. The first-order chi connectivity index (χ1) is 8.16. The number of hydrogen-bond acceptors (Lipinski definition) is 2. The topological polar surface area (TPSA) is 43.8 Å². The molecule has 0 fully saturated rings. The van der Waals surface area contributed by atoms with Crippen LogP contribution in [0.4, 0.5) is 0 Å². The van der Waals surface area contributed by atoms with Crippen molar-refractivity contribution in [1.29, 1.82) is 0 Å². The molecule has 1 aromatic heterocycles. The molecule has 3 nitrogen and oxygen atoms in total. The standard InChI is InChI=1S/C14H19N3/c1-11(12-6-4-3-5-7-12)14(15)10-13-8-9-17(2)16-13/h3-9,11,14H,10,15H2,1-2H3. The van der Waals surface area contributed by atoms with E-state index in [1.807, 2.05) is 30.1 Å². The molecule has 2 aromatic rings. The molecule has 1 heterocycles.